The van der Waals surface area contributed by atoms with E-state index in [9.17, 15) is 4.79 Å². The monoisotopic (exact) mass is 258 g/mol. The Morgan fingerprint density at radius 2 is 2.05 bits per heavy atom. The number of nitrogens with zero attached hydrogens (tertiary/aromatic N) is 4. The molecule has 2 heterocycles. The number of Topliss-reactive ketones (excluding diaryl/α,β-unsaturated/α-hetero) is 1. The smallest absolute Gasteiger partial charge is 0.188 e. The number of aromatic nitrogens is 4. The van der Waals surface area contributed by atoms with Crippen molar-refractivity contribution < 1.29 is 4.79 Å². The van der Waals surface area contributed by atoms with Gasteiger partial charge in [-0.2, -0.15) is 5.10 Å². The summed E-state index contributed by atoms with van der Waals surface area (Å²) in [4.78, 5) is 20.7. The van der Waals surface area contributed by atoms with Crippen LogP contribution in [0.1, 0.15) is 47.3 Å². The fraction of sp³-hybridized carbons (Fsp3) is 0.429. The van der Waals surface area contributed by atoms with E-state index in [1.165, 1.54) is 6.33 Å². The van der Waals surface area contributed by atoms with Crippen LogP contribution in [0, 0.1) is 13.8 Å². The standard InChI is InChI=1S/C14H18N4O/c1-9(2)18-13(16-8-17-18)6-12(19)14-11(4)5-10(3)7-15-14/h5,7-9H,6H2,1-4H3. The number of pyridine rings is 1. The molecule has 2 aromatic heterocycles. The van der Waals surface area contributed by atoms with Gasteiger partial charge in [0, 0.05) is 12.2 Å². The topological polar surface area (TPSA) is 60.7 Å². The van der Waals surface area contributed by atoms with Crippen molar-refractivity contribution in [2.75, 3.05) is 0 Å². The second-order valence-corrected chi connectivity index (χ2v) is 4.99. The molecule has 0 saturated heterocycles. The summed E-state index contributed by atoms with van der Waals surface area (Å²) in [5, 5.41) is 4.13. The van der Waals surface area contributed by atoms with Gasteiger partial charge in [-0.15, -0.1) is 0 Å². The van der Waals surface area contributed by atoms with Crippen molar-refractivity contribution in [2.24, 2.45) is 0 Å². The van der Waals surface area contributed by atoms with Crippen LogP contribution in [0.5, 0.6) is 0 Å². The molecule has 0 amide bonds. The van der Waals surface area contributed by atoms with E-state index in [1.54, 1.807) is 10.9 Å². The maximum atomic E-state index is 12.3. The van der Waals surface area contributed by atoms with Crippen LogP contribution in [0.25, 0.3) is 0 Å². The van der Waals surface area contributed by atoms with Gasteiger partial charge in [0.1, 0.15) is 17.8 Å². The summed E-state index contributed by atoms with van der Waals surface area (Å²) in [6, 6.07) is 2.16. The number of aryl methyl sites for hydroxylation is 2. The summed E-state index contributed by atoms with van der Waals surface area (Å²) in [6.45, 7) is 7.89. The van der Waals surface area contributed by atoms with Crippen LogP contribution in [0.15, 0.2) is 18.6 Å². The van der Waals surface area contributed by atoms with E-state index in [-0.39, 0.29) is 18.2 Å². The Bertz CT molecular complexity index is 601. The Morgan fingerprint density at radius 3 is 2.68 bits per heavy atom. The van der Waals surface area contributed by atoms with Crippen LogP contribution < -0.4 is 0 Å². The Morgan fingerprint density at radius 1 is 1.32 bits per heavy atom. The van der Waals surface area contributed by atoms with Crippen LogP contribution in [0.4, 0.5) is 0 Å². The van der Waals surface area contributed by atoms with E-state index in [2.05, 4.69) is 15.1 Å². The van der Waals surface area contributed by atoms with Gasteiger partial charge in [0.05, 0.1) is 6.42 Å². The summed E-state index contributed by atoms with van der Waals surface area (Å²) >= 11 is 0. The van der Waals surface area contributed by atoms with Gasteiger partial charge in [0.25, 0.3) is 0 Å². The number of carbonyl (C=O) groups excluding carboxylic acids is 1. The van der Waals surface area contributed by atoms with E-state index in [4.69, 9.17) is 0 Å². The second kappa shape index (κ2) is 5.30. The zero-order valence-electron chi connectivity index (χ0n) is 11.7. The number of ketones is 1. The highest BCUT2D eigenvalue weighted by atomic mass is 16.1. The molecule has 0 aliphatic rings. The SMILES string of the molecule is Cc1cnc(C(=O)Cc2ncnn2C(C)C)c(C)c1. The van der Waals surface area contributed by atoms with Crippen LogP contribution >= 0.6 is 0 Å². The Hall–Kier alpha value is -2.04. The fourth-order valence-electron chi connectivity index (χ4n) is 2.07. The molecule has 100 valence electrons. The first-order chi connectivity index (χ1) is 8.99. The molecule has 2 rings (SSSR count). The molecule has 0 fully saturated rings. The average molecular weight is 258 g/mol. The molecule has 0 spiro atoms. The van der Waals surface area contributed by atoms with E-state index in [0.29, 0.717) is 11.5 Å². The van der Waals surface area contributed by atoms with Crippen molar-refractivity contribution in [3.8, 4) is 0 Å². The highest BCUT2D eigenvalue weighted by molar-refractivity contribution is 5.96. The van der Waals surface area contributed by atoms with Crippen molar-refractivity contribution in [2.45, 2.75) is 40.2 Å². The van der Waals surface area contributed by atoms with Gasteiger partial charge in [-0.05, 0) is 38.8 Å². The third-order valence-electron chi connectivity index (χ3n) is 2.93. The van der Waals surface area contributed by atoms with E-state index in [1.807, 2.05) is 33.8 Å². The van der Waals surface area contributed by atoms with Crippen LogP contribution in [0.3, 0.4) is 0 Å². The lowest BCUT2D eigenvalue weighted by Gasteiger charge is -2.09. The Kier molecular flexibility index (Phi) is 3.74. The molecule has 2 aromatic rings. The highest BCUT2D eigenvalue weighted by Crippen LogP contribution is 2.12. The molecule has 0 N–H and O–H groups in total. The van der Waals surface area contributed by atoms with Gasteiger partial charge in [-0.3, -0.25) is 9.78 Å². The van der Waals surface area contributed by atoms with Gasteiger partial charge in [-0.25, -0.2) is 9.67 Å². The molecule has 0 saturated carbocycles. The lowest BCUT2D eigenvalue weighted by molar-refractivity contribution is 0.0983. The van der Waals surface area contributed by atoms with Gasteiger partial charge in [-0.1, -0.05) is 6.07 Å². The normalized spacial score (nSPS) is 11.0. The summed E-state index contributed by atoms with van der Waals surface area (Å²) in [5.41, 5.74) is 2.48. The Balaban J connectivity index is 2.23. The van der Waals surface area contributed by atoms with Crippen molar-refractivity contribution in [1.82, 2.24) is 19.7 Å². The molecule has 0 aliphatic carbocycles. The molecule has 0 bridgehead atoms. The number of hydrogen-bond acceptors (Lipinski definition) is 4. The van der Waals surface area contributed by atoms with E-state index >= 15 is 0 Å². The summed E-state index contributed by atoms with van der Waals surface area (Å²) < 4.78 is 1.77. The van der Waals surface area contributed by atoms with Crippen LogP contribution in [0.2, 0.25) is 0 Å². The van der Waals surface area contributed by atoms with Gasteiger partial charge in [0.2, 0.25) is 0 Å². The minimum Gasteiger partial charge on any atom is -0.292 e. The first-order valence-corrected chi connectivity index (χ1v) is 6.34. The molecule has 19 heavy (non-hydrogen) atoms. The van der Waals surface area contributed by atoms with E-state index < -0.39 is 0 Å². The van der Waals surface area contributed by atoms with Gasteiger partial charge >= 0.3 is 0 Å². The van der Waals surface area contributed by atoms with Crippen LogP contribution in [-0.2, 0) is 6.42 Å². The van der Waals surface area contributed by atoms with Crippen molar-refractivity contribution in [3.63, 3.8) is 0 Å². The summed E-state index contributed by atoms with van der Waals surface area (Å²) in [5.74, 6) is 0.661. The summed E-state index contributed by atoms with van der Waals surface area (Å²) in [7, 11) is 0. The number of hydrogen-bond donors (Lipinski definition) is 0. The van der Waals surface area contributed by atoms with Gasteiger partial charge in [0.15, 0.2) is 5.78 Å². The molecule has 0 atom stereocenters. The lowest BCUT2D eigenvalue weighted by Crippen LogP contribution is -2.15. The summed E-state index contributed by atoms with van der Waals surface area (Å²) in [6.07, 6.45) is 3.43. The number of rotatable bonds is 4. The molecular formula is C14H18N4O. The average Bonchev–Trinajstić information content (AvgIpc) is 2.76. The number of carbonyl (C=O) groups is 1. The molecule has 5 heteroatoms. The minimum absolute atomic E-state index is 0.0209. The van der Waals surface area contributed by atoms with E-state index in [0.717, 1.165) is 11.1 Å². The fourth-order valence-corrected chi connectivity index (χ4v) is 2.07. The largest absolute Gasteiger partial charge is 0.292 e. The quantitative estimate of drug-likeness (QED) is 0.789. The maximum absolute atomic E-state index is 12.3. The van der Waals surface area contributed by atoms with Crippen molar-refractivity contribution in [1.29, 1.82) is 0 Å². The predicted molar refractivity (Wildman–Crippen MR) is 72.2 cm³/mol. The molecular weight excluding hydrogens is 240 g/mol. The predicted octanol–water partition coefficient (Wildman–Crippen LogP) is 2.30. The zero-order chi connectivity index (χ0) is 14.0. The maximum Gasteiger partial charge on any atom is 0.188 e. The lowest BCUT2D eigenvalue weighted by atomic mass is 10.1. The molecule has 5 nitrogen and oxygen atoms in total. The molecule has 0 aliphatic heterocycles. The zero-order valence-corrected chi connectivity index (χ0v) is 11.7. The highest BCUT2D eigenvalue weighted by Gasteiger charge is 2.16. The van der Waals surface area contributed by atoms with Crippen LogP contribution in [-0.4, -0.2) is 25.5 Å². The molecule has 0 unspecified atom stereocenters. The van der Waals surface area contributed by atoms with Gasteiger partial charge < -0.3 is 0 Å². The molecule has 0 aromatic carbocycles. The first-order valence-electron chi connectivity index (χ1n) is 6.34. The third kappa shape index (κ3) is 2.86. The second-order valence-electron chi connectivity index (χ2n) is 4.99. The Labute approximate surface area is 112 Å². The third-order valence-corrected chi connectivity index (χ3v) is 2.93. The first kappa shape index (κ1) is 13.4. The van der Waals surface area contributed by atoms with Crippen molar-refractivity contribution in [3.05, 3.63) is 41.2 Å². The molecule has 0 radical (unpaired) electrons. The van der Waals surface area contributed by atoms with Crippen molar-refractivity contribution >= 4 is 5.78 Å². The minimum atomic E-state index is -0.0209.